The highest BCUT2D eigenvalue weighted by Crippen LogP contribution is 2.07. The second kappa shape index (κ2) is 5.35. The minimum Gasteiger partial charge on any atom is -0.350 e. The van der Waals surface area contributed by atoms with Crippen LogP contribution in [0, 0.1) is 18.8 Å². The van der Waals surface area contributed by atoms with E-state index in [-0.39, 0.29) is 5.91 Å². The molecule has 0 aromatic carbocycles. The van der Waals surface area contributed by atoms with Gasteiger partial charge in [-0.3, -0.25) is 4.79 Å². The molecule has 1 N–H and O–H groups in total. The molecule has 1 rings (SSSR count). The highest BCUT2D eigenvalue weighted by Gasteiger charge is 2.11. The van der Waals surface area contributed by atoms with Gasteiger partial charge in [0, 0.05) is 13.0 Å². The molecule has 1 amide bonds. The predicted molar refractivity (Wildman–Crippen MR) is 55.0 cm³/mol. The van der Waals surface area contributed by atoms with Crippen LogP contribution in [0.4, 0.5) is 0 Å². The number of hydrogen-bond acceptors (Lipinski definition) is 4. The van der Waals surface area contributed by atoms with Crippen molar-refractivity contribution in [2.45, 2.75) is 20.3 Å². The van der Waals surface area contributed by atoms with Crippen LogP contribution in [-0.4, -0.2) is 22.0 Å². The Morgan fingerprint density at radius 2 is 2.43 bits per heavy atom. The van der Waals surface area contributed by atoms with E-state index in [2.05, 4.69) is 26.7 Å². The number of carbonyl (C=O) groups is 1. The molecule has 0 spiro atoms. The summed E-state index contributed by atoms with van der Waals surface area (Å²) in [5.74, 6) is 5.52. The lowest BCUT2D eigenvalue weighted by molar-refractivity contribution is 0.0958. The third-order valence-electron chi connectivity index (χ3n) is 1.57. The van der Waals surface area contributed by atoms with Crippen molar-refractivity contribution in [3.63, 3.8) is 0 Å². The van der Waals surface area contributed by atoms with Crippen molar-refractivity contribution >= 4 is 17.4 Å². The molecule has 0 bridgehead atoms. The molecule has 14 heavy (non-hydrogen) atoms. The number of nitrogens with one attached hydrogen (secondary N) is 1. The number of aryl methyl sites for hydroxylation is 1. The molecule has 0 saturated heterocycles. The van der Waals surface area contributed by atoms with E-state index in [0.29, 0.717) is 23.5 Å². The predicted octanol–water partition coefficient (Wildman–Crippen LogP) is 0.990. The molecule has 0 unspecified atom stereocenters. The van der Waals surface area contributed by atoms with Crippen LogP contribution in [-0.2, 0) is 0 Å². The van der Waals surface area contributed by atoms with Crippen LogP contribution in [0.1, 0.15) is 28.7 Å². The van der Waals surface area contributed by atoms with Crippen molar-refractivity contribution < 1.29 is 4.79 Å². The van der Waals surface area contributed by atoms with Gasteiger partial charge in [0.2, 0.25) is 0 Å². The second-order valence-corrected chi connectivity index (χ2v) is 3.37. The highest BCUT2D eigenvalue weighted by atomic mass is 32.1. The molecule has 1 heterocycles. The zero-order valence-corrected chi connectivity index (χ0v) is 8.94. The number of aromatic nitrogens is 2. The first-order valence-corrected chi connectivity index (χ1v) is 4.99. The zero-order chi connectivity index (χ0) is 10.4. The Morgan fingerprint density at radius 1 is 1.64 bits per heavy atom. The Hall–Kier alpha value is -1.41. The molecular formula is C9H11N3OS. The largest absolute Gasteiger partial charge is 0.350 e. The SMILES string of the molecule is CC#CCCNC(=O)c1snnc1C. The normalized spacial score (nSPS) is 9.00. The van der Waals surface area contributed by atoms with Crippen LogP contribution in [0.5, 0.6) is 0 Å². The van der Waals surface area contributed by atoms with Gasteiger partial charge >= 0.3 is 0 Å². The molecule has 0 radical (unpaired) electrons. The summed E-state index contributed by atoms with van der Waals surface area (Å²) >= 11 is 1.11. The van der Waals surface area contributed by atoms with Crippen molar-refractivity contribution in [1.82, 2.24) is 14.9 Å². The lowest BCUT2D eigenvalue weighted by atomic mass is 10.3. The van der Waals surface area contributed by atoms with Crippen LogP contribution in [0.2, 0.25) is 0 Å². The maximum Gasteiger partial charge on any atom is 0.264 e. The molecule has 1 aromatic rings. The molecule has 0 aliphatic rings. The summed E-state index contributed by atoms with van der Waals surface area (Å²) in [5, 5.41) is 6.51. The van der Waals surface area contributed by atoms with E-state index in [4.69, 9.17) is 0 Å². The molecule has 5 heteroatoms. The molecule has 0 aliphatic heterocycles. The summed E-state index contributed by atoms with van der Waals surface area (Å²) in [6, 6.07) is 0. The van der Waals surface area contributed by atoms with E-state index in [9.17, 15) is 4.79 Å². The number of hydrogen-bond donors (Lipinski definition) is 1. The van der Waals surface area contributed by atoms with Gasteiger partial charge in [-0.1, -0.05) is 4.49 Å². The molecule has 0 aliphatic carbocycles. The van der Waals surface area contributed by atoms with Crippen LogP contribution >= 0.6 is 11.5 Å². The molecule has 0 atom stereocenters. The highest BCUT2D eigenvalue weighted by molar-refractivity contribution is 7.07. The van der Waals surface area contributed by atoms with Gasteiger partial charge < -0.3 is 5.32 Å². The third kappa shape index (κ3) is 2.82. The van der Waals surface area contributed by atoms with Crippen LogP contribution in [0.15, 0.2) is 0 Å². The quantitative estimate of drug-likeness (QED) is 0.596. The zero-order valence-electron chi connectivity index (χ0n) is 8.13. The van der Waals surface area contributed by atoms with Gasteiger partial charge in [-0.25, -0.2) is 0 Å². The fourth-order valence-electron chi connectivity index (χ4n) is 0.884. The van der Waals surface area contributed by atoms with Gasteiger partial charge in [-0.15, -0.1) is 16.9 Å². The molecule has 74 valence electrons. The fraction of sp³-hybridized carbons (Fsp3) is 0.444. The van der Waals surface area contributed by atoms with E-state index in [1.807, 2.05) is 0 Å². The maximum absolute atomic E-state index is 11.5. The number of carbonyl (C=O) groups excluding carboxylic acids is 1. The average molecular weight is 209 g/mol. The van der Waals surface area contributed by atoms with E-state index in [1.54, 1.807) is 13.8 Å². The lowest BCUT2D eigenvalue weighted by Gasteiger charge is -1.99. The van der Waals surface area contributed by atoms with E-state index in [0.717, 1.165) is 11.5 Å². The third-order valence-corrected chi connectivity index (χ3v) is 2.40. The molecule has 0 saturated carbocycles. The van der Waals surface area contributed by atoms with E-state index in [1.165, 1.54) is 0 Å². The van der Waals surface area contributed by atoms with Crippen molar-refractivity contribution in [2.24, 2.45) is 0 Å². The molecule has 1 aromatic heterocycles. The molecule has 4 nitrogen and oxygen atoms in total. The summed E-state index contributed by atoms with van der Waals surface area (Å²) < 4.78 is 3.69. The minimum absolute atomic E-state index is 0.115. The number of nitrogens with zero attached hydrogens (tertiary/aromatic N) is 2. The number of amides is 1. The Labute approximate surface area is 86.9 Å². The topological polar surface area (TPSA) is 54.9 Å². The van der Waals surface area contributed by atoms with Crippen LogP contribution in [0.25, 0.3) is 0 Å². The number of rotatable bonds is 3. The van der Waals surface area contributed by atoms with Crippen molar-refractivity contribution in [2.75, 3.05) is 6.54 Å². The Kier molecular flexibility index (Phi) is 4.08. The first-order valence-electron chi connectivity index (χ1n) is 4.22. The van der Waals surface area contributed by atoms with E-state index >= 15 is 0 Å². The lowest BCUT2D eigenvalue weighted by Crippen LogP contribution is -2.23. The van der Waals surface area contributed by atoms with Crippen molar-refractivity contribution in [3.8, 4) is 11.8 Å². The summed E-state index contributed by atoms with van der Waals surface area (Å²) in [7, 11) is 0. The molecule has 0 fully saturated rings. The Bertz CT molecular complexity index is 375. The average Bonchev–Trinajstić information content (AvgIpc) is 2.59. The Balaban J connectivity index is 2.42. The summed E-state index contributed by atoms with van der Waals surface area (Å²) in [4.78, 5) is 12.0. The molecular weight excluding hydrogens is 198 g/mol. The van der Waals surface area contributed by atoms with Crippen molar-refractivity contribution in [3.05, 3.63) is 10.6 Å². The van der Waals surface area contributed by atoms with Crippen LogP contribution in [0.3, 0.4) is 0 Å². The fourth-order valence-corrected chi connectivity index (χ4v) is 1.46. The van der Waals surface area contributed by atoms with Gasteiger partial charge in [0.1, 0.15) is 4.88 Å². The Morgan fingerprint density at radius 3 is 3.00 bits per heavy atom. The summed E-state index contributed by atoms with van der Waals surface area (Å²) in [5.41, 5.74) is 0.675. The smallest absolute Gasteiger partial charge is 0.264 e. The summed E-state index contributed by atoms with van der Waals surface area (Å²) in [6.07, 6.45) is 0.674. The maximum atomic E-state index is 11.5. The van der Waals surface area contributed by atoms with Crippen LogP contribution < -0.4 is 5.32 Å². The summed E-state index contributed by atoms with van der Waals surface area (Å²) in [6.45, 7) is 4.11. The monoisotopic (exact) mass is 209 g/mol. The standard InChI is InChI=1S/C9H11N3OS/c1-3-4-5-6-10-9(13)8-7(2)11-12-14-8/h5-6H2,1-2H3,(H,10,13). The minimum atomic E-state index is -0.115. The van der Waals surface area contributed by atoms with Gasteiger partial charge in [-0.2, -0.15) is 0 Å². The van der Waals surface area contributed by atoms with Crippen molar-refractivity contribution in [1.29, 1.82) is 0 Å². The first kappa shape index (κ1) is 10.7. The van der Waals surface area contributed by atoms with Gasteiger partial charge in [0.05, 0.1) is 5.69 Å². The first-order chi connectivity index (χ1) is 6.75. The van der Waals surface area contributed by atoms with Gasteiger partial charge in [0.25, 0.3) is 5.91 Å². The van der Waals surface area contributed by atoms with E-state index < -0.39 is 0 Å². The van der Waals surface area contributed by atoms with Gasteiger partial charge in [-0.05, 0) is 25.4 Å². The van der Waals surface area contributed by atoms with Gasteiger partial charge in [0.15, 0.2) is 0 Å². The second-order valence-electron chi connectivity index (χ2n) is 2.62.